The van der Waals surface area contributed by atoms with Crippen molar-refractivity contribution in [2.45, 2.75) is 30.5 Å². The van der Waals surface area contributed by atoms with E-state index in [0.717, 1.165) is 0 Å². The summed E-state index contributed by atoms with van der Waals surface area (Å²) >= 11 is 0. The lowest BCUT2D eigenvalue weighted by Gasteiger charge is -2.47. The molecule has 0 aliphatic heterocycles. The lowest BCUT2D eigenvalue weighted by Crippen LogP contribution is -2.65. The van der Waals surface area contributed by atoms with Crippen LogP contribution in [0.1, 0.15) is 12.8 Å². The van der Waals surface area contributed by atoms with E-state index in [4.69, 9.17) is 0 Å². The van der Waals surface area contributed by atoms with Crippen LogP contribution in [-0.4, -0.2) is 22.8 Å². The van der Waals surface area contributed by atoms with Crippen molar-refractivity contribution in [1.29, 1.82) is 0 Å². The van der Waals surface area contributed by atoms with Gasteiger partial charge in [0.2, 0.25) is 5.60 Å². The molecular weight excluding hydrogens is 267 g/mol. The second kappa shape index (κ2) is 3.00. The Morgan fingerprint density at radius 3 is 2.00 bits per heavy atom. The summed E-state index contributed by atoms with van der Waals surface area (Å²) in [5.41, 5.74) is -3.83. The van der Waals surface area contributed by atoms with E-state index in [1.54, 1.807) is 0 Å². The van der Waals surface area contributed by atoms with Crippen molar-refractivity contribution in [2.75, 3.05) is 0 Å². The van der Waals surface area contributed by atoms with E-state index in [0.29, 0.717) is 6.42 Å². The fourth-order valence-electron chi connectivity index (χ4n) is 5.39. The van der Waals surface area contributed by atoms with Crippen LogP contribution in [0.5, 0.6) is 0 Å². The van der Waals surface area contributed by atoms with Gasteiger partial charge in [-0.05, 0) is 36.5 Å². The highest BCUT2D eigenvalue weighted by atomic mass is 19.4. The molecule has 1 N–H and O–H groups in total. The zero-order valence-corrected chi connectivity index (χ0v) is 9.87. The Labute approximate surface area is 106 Å². The lowest BCUT2D eigenvalue weighted by molar-refractivity contribution is -0.357. The van der Waals surface area contributed by atoms with Crippen LogP contribution in [0.4, 0.5) is 22.0 Å². The highest BCUT2D eigenvalue weighted by molar-refractivity contribution is 5.28. The Balaban J connectivity index is 1.84. The summed E-state index contributed by atoms with van der Waals surface area (Å²) in [7, 11) is 0. The molecule has 3 fully saturated rings. The number of allylic oxidation sites excluding steroid dienone is 2. The summed E-state index contributed by atoms with van der Waals surface area (Å²) < 4.78 is 67.5. The van der Waals surface area contributed by atoms with Gasteiger partial charge in [0.25, 0.3) is 5.92 Å². The Bertz CT molecular complexity index is 470. The molecule has 0 spiro atoms. The van der Waals surface area contributed by atoms with Gasteiger partial charge in [-0.15, -0.1) is 0 Å². The normalized spacial score (nSPS) is 56.9. The van der Waals surface area contributed by atoms with Gasteiger partial charge in [0.05, 0.1) is 0 Å². The fraction of sp³-hybridized carbons (Fsp3) is 0.846. The molecule has 7 atom stereocenters. The molecule has 1 nitrogen and oxygen atoms in total. The number of hydrogen-bond donors (Lipinski definition) is 1. The molecule has 0 saturated heterocycles. The molecule has 7 unspecified atom stereocenters. The minimum Gasteiger partial charge on any atom is -0.376 e. The van der Waals surface area contributed by atoms with Crippen LogP contribution in [0.3, 0.4) is 0 Å². The van der Waals surface area contributed by atoms with Gasteiger partial charge in [-0.1, -0.05) is 12.2 Å². The average molecular weight is 280 g/mol. The molecule has 19 heavy (non-hydrogen) atoms. The Hall–Kier alpha value is -0.650. The van der Waals surface area contributed by atoms with Gasteiger partial charge in [-0.3, -0.25) is 0 Å². The van der Waals surface area contributed by atoms with E-state index >= 15 is 0 Å². The van der Waals surface area contributed by atoms with Crippen molar-refractivity contribution in [3.63, 3.8) is 0 Å². The van der Waals surface area contributed by atoms with E-state index in [2.05, 4.69) is 0 Å². The van der Waals surface area contributed by atoms with Gasteiger partial charge in [0.1, 0.15) is 0 Å². The quantitative estimate of drug-likeness (QED) is 0.411. The largest absolute Gasteiger partial charge is 0.423 e. The number of aliphatic hydroxyl groups is 1. The van der Waals surface area contributed by atoms with Gasteiger partial charge in [0.15, 0.2) is 0 Å². The summed E-state index contributed by atoms with van der Waals surface area (Å²) in [6.45, 7) is 0. The molecule has 0 heterocycles. The molecule has 0 aromatic heterocycles. The van der Waals surface area contributed by atoms with Crippen molar-refractivity contribution in [3.8, 4) is 0 Å². The van der Waals surface area contributed by atoms with Gasteiger partial charge < -0.3 is 5.11 Å². The molecule has 6 heteroatoms. The molecule has 3 saturated carbocycles. The predicted octanol–water partition coefficient (Wildman–Crippen LogP) is 3.00. The van der Waals surface area contributed by atoms with Crippen LogP contribution >= 0.6 is 0 Å². The molecule has 0 aromatic rings. The standard InChI is InChI=1S/C13H13F5O/c14-12(15)8-4-7(11(12,19)13(16,17)18)9-5-1-2-6(3-5)10(8)9/h1-2,5-10,19H,3-4H2. The molecule has 0 aromatic carbocycles. The average Bonchev–Trinajstić information content (AvgIpc) is 2.98. The van der Waals surface area contributed by atoms with Crippen LogP contribution in [0.25, 0.3) is 0 Å². The van der Waals surface area contributed by atoms with Gasteiger partial charge >= 0.3 is 6.18 Å². The minimum absolute atomic E-state index is 0.0198. The zero-order valence-electron chi connectivity index (χ0n) is 9.87. The predicted molar refractivity (Wildman–Crippen MR) is 55.3 cm³/mol. The smallest absolute Gasteiger partial charge is 0.376 e. The van der Waals surface area contributed by atoms with Gasteiger partial charge in [0, 0.05) is 11.8 Å². The van der Waals surface area contributed by atoms with E-state index in [-0.39, 0.29) is 24.2 Å². The summed E-state index contributed by atoms with van der Waals surface area (Å²) in [6.07, 6.45) is -1.08. The summed E-state index contributed by atoms with van der Waals surface area (Å²) in [5, 5.41) is 9.82. The first kappa shape index (κ1) is 12.1. The molecule has 4 aliphatic rings. The first-order chi connectivity index (χ1) is 8.69. The maximum absolute atomic E-state index is 14.2. The first-order valence-corrected chi connectivity index (χ1v) is 6.55. The van der Waals surface area contributed by atoms with Crippen molar-refractivity contribution in [3.05, 3.63) is 12.2 Å². The second-order valence-corrected chi connectivity index (χ2v) is 6.44. The maximum Gasteiger partial charge on any atom is 0.423 e. The Kier molecular flexibility index (Phi) is 1.91. The zero-order chi connectivity index (χ0) is 13.8. The molecule has 4 rings (SSSR count). The summed E-state index contributed by atoms with van der Waals surface area (Å²) in [5.74, 6) is -7.62. The maximum atomic E-state index is 14.2. The number of alkyl halides is 5. The van der Waals surface area contributed by atoms with Gasteiger partial charge in [-0.2, -0.15) is 13.2 Å². The van der Waals surface area contributed by atoms with E-state index in [9.17, 15) is 27.1 Å². The molecule has 106 valence electrons. The van der Waals surface area contributed by atoms with Crippen molar-refractivity contribution in [2.24, 2.45) is 35.5 Å². The highest BCUT2D eigenvalue weighted by Crippen LogP contribution is 2.74. The Morgan fingerprint density at radius 2 is 1.47 bits per heavy atom. The van der Waals surface area contributed by atoms with Crippen LogP contribution in [0.2, 0.25) is 0 Å². The summed E-state index contributed by atoms with van der Waals surface area (Å²) in [6, 6.07) is 0. The van der Waals surface area contributed by atoms with E-state index < -0.39 is 35.5 Å². The monoisotopic (exact) mass is 280 g/mol. The third-order valence-corrected chi connectivity index (χ3v) is 5.96. The first-order valence-electron chi connectivity index (χ1n) is 6.55. The van der Waals surface area contributed by atoms with E-state index in [1.165, 1.54) is 0 Å². The number of halogens is 5. The number of fused-ring (bicyclic) bond motifs is 9. The fourth-order valence-corrected chi connectivity index (χ4v) is 5.39. The molecule has 0 radical (unpaired) electrons. The third kappa shape index (κ3) is 1.05. The van der Waals surface area contributed by atoms with Crippen molar-refractivity contribution >= 4 is 0 Å². The van der Waals surface area contributed by atoms with Gasteiger partial charge in [-0.25, -0.2) is 8.78 Å². The topological polar surface area (TPSA) is 20.2 Å². The Morgan fingerprint density at radius 1 is 0.947 bits per heavy atom. The summed E-state index contributed by atoms with van der Waals surface area (Å²) in [4.78, 5) is 0. The second-order valence-electron chi connectivity index (χ2n) is 6.44. The minimum atomic E-state index is -5.27. The third-order valence-electron chi connectivity index (χ3n) is 5.96. The molecular formula is C13H13F5O. The van der Waals surface area contributed by atoms with Crippen LogP contribution < -0.4 is 0 Å². The van der Waals surface area contributed by atoms with Crippen molar-refractivity contribution < 1.29 is 27.1 Å². The molecule has 4 aliphatic carbocycles. The van der Waals surface area contributed by atoms with Crippen LogP contribution in [0.15, 0.2) is 12.2 Å². The van der Waals surface area contributed by atoms with Crippen molar-refractivity contribution in [1.82, 2.24) is 0 Å². The number of rotatable bonds is 0. The molecule has 0 amide bonds. The van der Waals surface area contributed by atoms with Crippen LogP contribution in [-0.2, 0) is 0 Å². The SMILES string of the molecule is OC1(C(F)(F)F)C2CC(C3C4C=CC(C4)C32)C1(F)F. The highest BCUT2D eigenvalue weighted by Gasteiger charge is 2.85. The number of hydrogen-bond acceptors (Lipinski definition) is 1. The molecule has 4 bridgehead atoms. The lowest BCUT2D eigenvalue weighted by atomic mass is 9.65. The van der Waals surface area contributed by atoms with E-state index in [1.807, 2.05) is 12.2 Å². The van der Waals surface area contributed by atoms with Crippen LogP contribution in [0, 0.1) is 35.5 Å².